The number of esters is 1. The van der Waals surface area contributed by atoms with E-state index >= 15 is 0 Å². The first-order valence-electron chi connectivity index (χ1n) is 11.6. The normalized spacial score (nSPS) is 51.8. The van der Waals surface area contributed by atoms with Gasteiger partial charge < -0.3 is 9.84 Å². The molecule has 0 aromatic heterocycles. The van der Waals surface area contributed by atoms with E-state index in [1.807, 2.05) is 0 Å². The summed E-state index contributed by atoms with van der Waals surface area (Å²) in [5.41, 5.74) is 0.108. The van der Waals surface area contributed by atoms with Crippen molar-refractivity contribution in [1.82, 2.24) is 0 Å². The Labute approximate surface area is 165 Å². The third-order valence-electron chi connectivity index (χ3n) is 9.94. The van der Waals surface area contributed by atoms with E-state index in [0.717, 1.165) is 43.9 Å². The second-order valence-electron chi connectivity index (χ2n) is 10.9. The van der Waals surface area contributed by atoms with E-state index in [1.54, 1.807) is 6.92 Å². The van der Waals surface area contributed by atoms with Crippen LogP contribution in [-0.4, -0.2) is 22.8 Å². The SMILES string of the molecule is CCC[C@]1(O)CCC2C3CCC4CC(OC(C)=O)CCC4(C)C3CCC21C. The van der Waals surface area contributed by atoms with Crippen molar-refractivity contribution in [3.8, 4) is 0 Å². The molecule has 4 saturated carbocycles. The summed E-state index contributed by atoms with van der Waals surface area (Å²) in [5, 5.41) is 11.5. The minimum Gasteiger partial charge on any atom is -0.463 e. The van der Waals surface area contributed by atoms with Crippen molar-refractivity contribution in [2.45, 2.75) is 110 Å². The van der Waals surface area contributed by atoms with E-state index in [2.05, 4.69) is 20.8 Å². The van der Waals surface area contributed by atoms with Gasteiger partial charge >= 0.3 is 5.97 Å². The minimum absolute atomic E-state index is 0.119. The predicted molar refractivity (Wildman–Crippen MR) is 107 cm³/mol. The summed E-state index contributed by atoms with van der Waals surface area (Å²) >= 11 is 0. The lowest BCUT2D eigenvalue weighted by atomic mass is 9.44. The van der Waals surface area contributed by atoms with Gasteiger partial charge in [-0.05, 0) is 98.7 Å². The molecule has 4 rings (SSSR count). The van der Waals surface area contributed by atoms with E-state index in [-0.39, 0.29) is 17.5 Å². The Balaban J connectivity index is 1.54. The lowest BCUT2D eigenvalue weighted by Gasteiger charge is -2.61. The average Bonchev–Trinajstić information content (AvgIpc) is 2.86. The highest BCUT2D eigenvalue weighted by atomic mass is 16.5. The van der Waals surface area contributed by atoms with Gasteiger partial charge in [-0.1, -0.05) is 27.2 Å². The third kappa shape index (κ3) is 2.90. The number of carbonyl (C=O) groups excluding carboxylic acids is 1. The molecule has 0 radical (unpaired) electrons. The van der Waals surface area contributed by atoms with Gasteiger partial charge in [-0.15, -0.1) is 0 Å². The number of hydrogen-bond acceptors (Lipinski definition) is 3. The molecule has 0 amide bonds. The molecule has 0 bridgehead atoms. The molecule has 1 N–H and O–H groups in total. The van der Waals surface area contributed by atoms with Crippen molar-refractivity contribution < 1.29 is 14.6 Å². The summed E-state index contributed by atoms with van der Waals surface area (Å²) in [4.78, 5) is 11.4. The predicted octanol–water partition coefficient (Wildman–Crippen LogP) is 5.49. The molecular formula is C24H40O3. The van der Waals surface area contributed by atoms with Crippen molar-refractivity contribution in [3.05, 3.63) is 0 Å². The first kappa shape index (κ1) is 19.7. The second kappa shape index (κ2) is 6.75. The topological polar surface area (TPSA) is 46.5 Å². The number of rotatable bonds is 3. The lowest BCUT2D eigenvalue weighted by Crippen LogP contribution is -2.56. The van der Waals surface area contributed by atoms with Crippen LogP contribution in [-0.2, 0) is 9.53 Å². The standard InChI is InChI=1S/C24H40O3/c1-5-11-24(26)14-10-21-19-7-6-17-15-18(27-16(2)25)8-12-22(17,3)20(19)9-13-23(21,24)4/h17-21,26H,5-15H2,1-4H3/t17?,18?,19?,20?,21?,22?,23?,24-/m0/s1. The molecule has 0 saturated heterocycles. The van der Waals surface area contributed by atoms with Gasteiger partial charge in [-0.25, -0.2) is 0 Å². The number of ether oxygens (including phenoxy) is 1. The lowest BCUT2D eigenvalue weighted by molar-refractivity contribution is -0.170. The summed E-state index contributed by atoms with van der Waals surface area (Å²) in [6.45, 7) is 8.73. The van der Waals surface area contributed by atoms with Crippen molar-refractivity contribution in [3.63, 3.8) is 0 Å². The Kier molecular flexibility index (Phi) is 4.93. The second-order valence-corrected chi connectivity index (χ2v) is 10.9. The Hall–Kier alpha value is -0.570. The number of aliphatic hydroxyl groups is 1. The zero-order valence-corrected chi connectivity index (χ0v) is 17.9. The van der Waals surface area contributed by atoms with Gasteiger partial charge in [0.25, 0.3) is 0 Å². The Morgan fingerprint density at radius 3 is 2.48 bits per heavy atom. The maximum Gasteiger partial charge on any atom is 0.302 e. The van der Waals surface area contributed by atoms with Crippen LogP contribution in [0.15, 0.2) is 0 Å². The zero-order valence-electron chi connectivity index (χ0n) is 17.9. The van der Waals surface area contributed by atoms with E-state index < -0.39 is 5.60 Å². The van der Waals surface area contributed by atoms with Gasteiger partial charge in [0.2, 0.25) is 0 Å². The molecule has 0 aliphatic heterocycles. The molecule has 27 heavy (non-hydrogen) atoms. The highest BCUT2D eigenvalue weighted by molar-refractivity contribution is 5.66. The fourth-order valence-electron chi connectivity index (χ4n) is 8.49. The van der Waals surface area contributed by atoms with Gasteiger partial charge in [0.05, 0.1) is 5.60 Å². The molecule has 7 unspecified atom stereocenters. The molecule has 3 heteroatoms. The zero-order chi connectivity index (χ0) is 19.4. The van der Waals surface area contributed by atoms with Crippen LogP contribution in [0.1, 0.15) is 98.3 Å². The van der Waals surface area contributed by atoms with Crippen LogP contribution in [0.25, 0.3) is 0 Å². The molecule has 0 aromatic rings. The highest BCUT2D eigenvalue weighted by Gasteiger charge is 2.64. The maximum atomic E-state index is 11.5. The number of fused-ring (bicyclic) bond motifs is 5. The molecule has 154 valence electrons. The van der Waals surface area contributed by atoms with E-state index in [1.165, 1.54) is 38.5 Å². The first-order valence-corrected chi connectivity index (χ1v) is 11.6. The molecule has 0 aromatic carbocycles. The maximum absolute atomic E-state index is 11.5. The first-order chi connectivity index (χ1) is 12.7. The van der Waals surface area contributed by atoms with Crippen LogP contribution in [0.5, 0.6) is 0 Å². The molecule has 4 aliphatic carbocycles. The minimum atomic E-state index is -0.428. The summed E-state index contributed by atoms with van der Waals surface area (Å²) in [5.74, 6) is 2.89. The number of hydrogen-bond donors (Lipinski definition) is 1. The molecule has 8 atom stereocenters. The van der Waals surface area contributed by atoms with E-state index in [9.17, 15) is 9.90 Å². The van der Waals surface area contributed by atoms with Crippen LogP contribution in [0, 0.1) is 34.5 Å². The van der Waals surface area contributed by atoms with Crippen LogP contribution in [0.3, 0.4) is 0 Å². The fraction of sp³-hybridized carbons (Fsp3) is 0.958. The molecule has 4 aliphatic rings. The van der Waals surface area contributed by atoms with Crippen LogP contribution >= 0.6 is 0 Å². The smallest absolute Gasteiger partial charge is 0.302 e. The van der Waals surface area contributed by atoms with E-state index in [4.69, 9.17) is 4.74 Å². The van der Waals surface area contributed by atoms with Crippen molar-refractivity contribution in [2.75, 3.05) is 0 Å². The average molecular weight is 377 g/mol. The van der Waals surface area contributed by atoms with Crippen LogP contribution in [0.4, 0.5) is 0 Å². The Morgan fingerprint density at radius 2 is 1.78 bits per heavy atom. The van der Waals surface area contributed by atoms with E-state index in [0.29, 0.717) is 17.3 Å². The summed E-state index contributed by atoms with van der Waals surface area (Å²) < 4.78 is 5.59. The quantitative estimate of drug-likeness (QED) is 0.662. The molecular weight excluding hydrogens is 336 g/mol. The van der Waals surface area contributed by atoms with Crippen molar-refractivity contribution >= 4 is 5.97 Å². The fourth-order valence-corrected chi connectivity index (χ4v) is 8.49. The molecule has 0 heterocycles. The van der Waals surface area contributed by atoms with Crippen molar-refractivity contribution in [2.24, 2.45) is 34.5 Å². The molecule has 3 nitrogen and oxygen atoms in total. The summed E-state index contributed by atoms with van der Waals surface area (Å²) in [7, 11) is 0. The van der Waals surface area contributed by atoms with Gasteiger partial charge in [0, 0.05) is 6.92 Å². The number of carbonyl (C=O) groups is 1. The monoisotopic (exact) mass is 376 g/mol. The van der Waals surface area contributed by atoms with Gasteiger partial charge in [0.15, 0.2) is 0 Å². The van der Waals surface area contributed by atoms with Gasteiger partial charge in [0.1, 0.15) is 6.10 Å². The largest absolute Gasteiger partial charge is 0.463 e. The third-order valence-corrected chi connectivity index (χ3v) is 9.94. The Bertz CT molecular complexity index is 588. The summed E-state index contributed by atoms with van der Waals surface area (Å²) in [6.07, 6.45) is 12.9. The van der Waals surface area contributed by atoms with Crippen molar-refractivity contribution in [1.29, 1.82) is 0 Å². The van der Waals surface area contributed by atoms with Gasteiger partial charge in [-0.2, -0.15) is 0 Å². The summed E-state index contributed by atoms with van der Waals surface area (Å²) in [6, 6.07) is 0. The van der Waals surface area contributed by atoms with Crippen LogP contribution in [0.2, 0.25) is 0 Å². The highest BCUT2D eigenvalue weighted by Crippen LogP contribution is 2.68. The Morgan fingerprint density at radius 1 is 1.04 bits per heavy atom. The molecule has 4 fully saturated rings. The molecule has 0 spiro atoms. The van der Waals surface area contributed by atoms with Crippen LogP contribution < -0.4 is 0 Å². The van der Waals surface area contributed by atoms with Gasteiger partial charge in [-0.3, -0.25) is 4.79 Å².